The van der Waals surface area contributed by atoms with Crippen LogP contribution >= 0.6 is 0 Å². The zero-order chi connectivity index (χ0) is 23.3. The minimum atomic E-state index is -3.62. The minimum absolute atomic E-state index is 0.187. The average molecular weight is 455 g/mol. The van der Waals surface area contributed by atoms with E-state index < -0.39 is 34.2 Å². The standard InChI is InChI=1S/C22H34N2O6S/c1-14(2)11-19(21(25)29-6)23-22(26)30-18-7-9-24(10-8-18)31(27,28)20-16(4)12-15(3)13-17(20)5/h12-14,18-19H,7-11H2,1-6H3,(H,23,26)/t19-/m0/s1. The van der Waals surface area contributed by atoms with Crippen LogP contribution in [0.4, 0.5) is 4.79 Å². The molecule has 8 nitrogen and oxygen atoms in total. The highest BCUT2D eigenvalue weighted by Crippen LogP contribution is 2.28. The van der Waals surface area contributed by atoms with Gasteiger partial charge in [-0.3, -0.25) is 0 Å². The molecular formula is C22H34N2O6S. The third-order valence-electron chi connectivity index (χ3n) is 5.36. The van der Waals surface area contributed by atoms with Crippen molar-refractivity contribution in [2.24, 2.45) is 5.92 Å². The Morgan fingerprint density at radius 2 is 1.68 bits per heavy atom. The number of amides is 1. The lowest BCUT2D eigenvalue weighted by molar-refractivity contribution is -0.143. The summed E-state index contributed by atoms with van der Waals surface area (Å²) in [4.78, 5) is 24.5. The van der Waals surface area contributed by atoms with Crippen LogP contribution in [-0.2, 0) is 24.3 Å². The average Bonchev–Trinajstić information content (AvgIpc) is 2.65. The first-order chi connectivity index (χ1) is 14.4. The maximum absolute atomic E-state index is 13.2. The maximum Gasteiger partial charge on any atom is 0.408 e. The topological polar surface area (TPSA) is 102 Å². The number of piperidine rings is 1. The number of ether oxygens (including phenoxy) is 2. The van der Waals surface area contributed by atoms with Crippen LogP contribution in [0.1, 0.15) is 49.8 Å². The molecule has 1 saturated heterocycles. The molecule has 2 rings (SSSR count). The third kappa shape index (κ3) is 6.43. The normalized spacial score (nSPS) is 16.7. The molecule has 0 bridgehead atoms. The van der Waals surface area contributed by atoms with Crippen molar-refractivity contribution >= 4 is 22.1 Å². The quantitative estimate of drug-likeness (QED) is 0.635. The molecule has 1 aliphatic heterocycles. The lowest BCUT2D eigenvalue weighted by Gasteiger charge is -2.32. The van der Waals surface area contributed by atoms with Crippen molar-refractivity contribution < 1.29 is 27.5 Å². The van der Waals surface area contributed by atoms with Crippen molar-refractivity contribution in [3.63, 3.8) is 0 Å². The van der Waals surface area contributed by atoms with Crippen LogP contribution < -0.4 is 5.32 Å². The number of benzene rings is 1. The number of carbonyl (C=O) groups excluding carboxylic acids is 2. The predicted octanol–water partition coefficient (Wildman–Crippen LogP) is 3.08. The van der Waals surface area contributed by atoms with E-state index in [4.69, 9.17) is 9.47 Å². The van der Waals surface area contributed by atoms with Gasteiger partial charge < -0.3 is 14.8 Å². The van der Waals surface area contributed by atoms with Gasteiger partial charge in [0, 0.05) is 13.1 Å². The van der Waals surface area contributed by atoms with E-state index >= 15 is 0 Å². The number of methoxy groups -OCH3 is 1. The van der Waals surface area contributed by atoms with Gasteiger partial charge in [0.15, 0.2) is 0 Å². The lowest BCUT2D eigenvalue weighted by Crippen LogP contribution is -2.46. The smallest absolute Gasteiger partial charge is 0.408 e. The number of nitrogens with zero attached hydrogens (tertiary/aromatic N) is 1. The fourth-order valence-electron chi connectivity index (χ4n) is 4.05. The molecule has 1 heterocycles. The monoisotopic (exact) mass is 454 g/mol. The number of alkyl carbamates (subject to hydrolysis) is 1. The van der Waals surface area contributed by atoms with Crippen LogP contribution in [0, 0.1) is 26.7 Å². The zero-order valence-electron chi connectivity index (χ0n) is 19.2. The molecule has 1 aliphatic rings. The van der Waals surface area contributed by atoms with Gasteiger partial charge in [-0.05, 0) is 57.1 Å². The number of carbonyl (C=O) groups is 2. The van der Waals surface area contributed by atoms with Crippen LogP contribution in [0.25, 0.3) is 0 Å². The van der Waals surface area contributed by atoms with Crippen molar-refractivity contribution in [2.45, 2.75) is 70.9 Å². The summed E-state index contributed by atoms with van der Waals surface area (Å²) in [6.45, 7) is 9.96. The molecule has 0 aliphatic carbocycles. The third-order valence-corrected chi connectivity index (χ3v) is 7.57. The molecule has 31 heavy (non-hydrogen) atoms. The van der Waals surface area contributed by atoms with E-state index in [0.29, 0.717) is 24.2 Å². The number of aryl methyl sites for hydroxylation is 3. The summed E-state index contributed by atoms with van der Waals surface area (Å²) in [5, 5.41) is 2.57. The number of sulfonamides is 1. The minimum Gasteiger partial charge on any atom is -0.467 e. The predicted molar refractivity (Wildman–Crippen MR) is 117 cm³/mol. The van der Waals surface area contributed by atoms with Crippen LogP contribution in [0.15, 0.2) is 17.0 Å². The molecule has 1 aromatic carbocycles. The Morgan fingerprint density at radius 3 is 2.16 bits per heavy atom. The Kier molecular flexibility index (Phi) is 8.48. The van der Waals surface area contributed by atoms with Gasteiger partial charge in [-0.15, -0.1) is 0 Å². The van der Waals surface area contributed by atoms with Crippen molar-refractivity contribution in [3.05, 3.63) is 28.8 Å². The first kappa shape index (κ1) is 25.1. The van der Waals surface area contributed by atoms with Gasteiger partial charge >= 0.3 is 12.1 Å². The lowest BCUT2D eigenvalue weighted by atomic mass is 10.0. The van der Waals surface area contributed by atoms with Gasteiger partial charge in [0.25, 0.3) is 0 Å². The van der Waals surface area contributed by atoms with Gasteiger partial charge in [0.1, 0.15) is 12.1 Å². The second-order valence-electron chi connectivity index (χ2n) is 8.59. The van der Waals surface area contributed by atoms with E-state index in [9.17, 15) is 18.0 Å². The molecule has 1 atom stereocenters. The first-order valence-electron chi connectivity index (χ1n) is 10.6. The summed E-state index contributed by atoms with van der Waals surface area (Å²) in [6.07, 6.45) is 0.118. The molecule has 0 spiro atoms. The molecule has 174 valence electrons. The van der Waals surface area contributed by atoms with Gasteiger partial charge in [0.05, 0.1) is 12.0 Å². The van der Waals surface area contributed by atoms with Crippen LogP contribution in [-0.4, -0.2) is 57.1 Å². The fourth-order valence-corrected chi connectivity index (χ4v) is 5.93. The van der Waals surface area contributed by atoms with Gasteiger partial charge in [-0.25, -0.2) is 18.0 Å². The summed E-state index contributed by atoms with van der Waals surface area (Å²) in [6, 6.07) is 2.97. The maximum atomic E-state index is 13.2. The van der Waals surface area contributed by atoms with E-state index in [2.05, 4.69) is 5.32 Å². The number of rotatable bonds is 7. The molecule has 1 amide bonds. The van der Waals surface area contributed by atoms with Crippen LogP contribution in [0.5, 0.6) is 0 Å². The van der Waals surface area contributed by atoms with Crippen molar-refractivity contribution in [1.29, 1.82) is 0 Å². The van der Waals surface area contributed by atoms with E-state index in [0.717, 1.165) is 16.7 Å². The summed E-state index contributed by atoms with van der Waals surface area (Å²) in [5.74, 6) is -0.332. The molecule has 0 radical (unpaired) electrons. The summed E-state index contributed by atoms with van der Waals surface area (Å²) in [7, 11) is -2.35. The van der Waals surface area contributed by atoms with E-state index in [1.165, 1.54) is 11.4 Å². The zero-order valence-corrected chi connectivity index (χ0v) is 20.0. The first-order valence-corrected chi connectivity index (χ1v) is 12.0. The second kappa shape index (κ2) is 10.5. The molecule has 0 aromatic heterocycles. The van der Waals surface area contributed by atoms with E-state index in [-0.39, 0.29) is 19.0 Å². The van der Waals surface area contributed by atoms with Crippen molar-refractivity contribution in [3.8, 4) is 0 Å². The Bertz CT molecular complexity index is 882. The highest BCUT2D eigenvalue weighted by atomic mass is 32.2. The van der Waals surface area contributed by atoms with Crippen LogP contribution in [0.3, 0.4) is 0 Å². The van der Waals surface area contributed by atoms with Crippen LogP contribution in [0.2, 0.25) is 0 Å². The number of nitrogens with one attached hydrogen (secondary N) is 1. The summed E-state index contributed by atoms with van der Waals surface area (Å²) in [5.41, 5.74) is 2.48. The van der Waals surface area contributed by atoms with E-state index in [1.807, 2.05) is 46.8 Å². The van der Waals surface area contributed by atoms with Gasteiger partial charge in [0.2, 0.25) is 10.0 Å². The number of esters is 1. The molecule has 1 aromatic rings. The summed E-state index contributed by atoms with van der Waals surface area (Å²) >= 11 is 0. The Hall–Kier alpha value is -2.13. The molecule has 0 unspecified atom stereocenters. The second-order valence-corrected chi connectivity index (χ2v) is 10.5. The molecule has 1 fully saturated rings. The van der Waals surface area contributed by atoms with Crippen molar-refractivity contribution in [2.75, 3.05) is 20.2 Å². The largest absolute Gasteiger partial charge is 0.467 e. The Morgan fingerprint density at radius 1 is 1.13 bits per heavy atom. The van der Waals surface area contributed by atoms with E-state index in [1.54, 1.807) is 0 Å². The summed E-state index contributed by atoms with van der Waals surface area (Å²) < 4.78 is 38.0. The van der Waals surface area contributed by atoms with Gasteiger partial charge in [-0.1, -0.05) is 31.5 Å². The highest BCUT2D eigenvalue weighted by molar-refractivity contribution is 7.89. The molecule has 1 N–H and O–H groups in total. The Labute approximate surface area is 185 Å². The molecular weight excluding hydrogens is 420 g/mol. The number of hydrogen-bond donors (Lipinski definition) is 1. The van der Waals surface area contributed by atoms with Gasteiger partial charge in [-0.2, -0.15) is 4.31 Å². The molecule has 9 heteroatoms. The van der Waals surface area contributed by atoms with Crippen molar-refractivity contribution in [1.82, 2.24) is 9.62 Å². The fraction of sp³-hybridized carbons (Fsp3) is 0.636. The molecule has 0 saturated carbocycles. The highest BCUT2D eigenvalue weighted by Gasteiger charge is 2.33. The Balaban J connectivity index is 1.98. The SMILES string of the molecule is COC(=O)[C@H](CC(C)C)NC(=O)OC1CCN(S(=O)(=O)c2c(C)cc(C)cc2C)CC1. The number of hydrogen-bond acceptors (Lipinski definition) is 6.